The molecule has 108 valence electrons. The molecule has 2 aromatic heterocycles. The molecule has 0 unspecified atom stereocenters. The van der Waals surface area contributed by atoms with Crippen molar-refractivity contribution in [1.82, 2.24) is 9.97 Å². The van der Waals surface area contributed by atoms with Crippen LogP contribution < -0.4 is 10.6 Å². The van der Waals surface area contributed by atoms with Gasteiger partial charge >= 0.3 is 0 Å². The number of anilines is 3. The molecule has 0 aliphatic rings. The van der Waals surface area contributed by atoms with Gasteiger partial charge in [-0.3, -0.25) is 0 Å². The van der Waals surface area contributed by atoms with Gasteiger partial charge in [-0.2, -0.15) is 4.98 Å². The molecule has 0 saturated carbocycles. The Morgan fingerprint density at radius 1 is 1.19 bits per heavy atom. The minimum absolute atomic E-state index is 0.292. The largest absolute Gasteiger partial charge is 0.357 e. The fraction of sp³-hybridized carbons (Fsp3) is 0.200. The molecule has 0 radical (unpaired) electrons. The van der Waals surface area contributed by atoms with E-state index in [2.05, 4.69) is 20.6 Å². The number of thiophene rings is 1. The molecule has 4 nitrogen and oxygen atoms in total. The van der Waals surface area contributed by atoms with E-state index in [0.29, 0.717) is 17.5 Å². The van der Waals surface area contributed by atoms with Crippen LogP contribution >= 0.6 is 11.3 Å². The van der Waals surface area contributed by atoms with Crippen LogP contribution in [0.25, 0.3) is 10.2 Å². The summed E-state index contributed by atoms with van der Waals surface area (Å²) in [5.74, 6) is 0.836. The zero-order chi connectivity index (χ0) is 15.0. The molecule has 2 heterocycles. The maximum atomic E-state index is 14.0. The molecule has 1 aromatic carbocycles. The normalized spacial score (nSPS) is 10.9. The van der Waals surface area contributed by atoms with Crippen molar-refractivity contribution >= 4 is 39.0 Å². The molecule has 0 saturated heterocycles. The average molecular weight is 302 g/mol. The number of fused-ring (bicyclic) bond motifs is 1. The maximum Gasteiger partial charge on any atom is 0.225 e. The van der Waals surface area contributed by atoms with Gasteiger partial charge in [0.25, 0.3) is 0 Å². The number of aryl methyl sites for hydroxylation is 2. The highest BCUT2D eigenvalue weighted by Gasteiger charge is 2.13. The number of nitrogens with zero attached hydrogens (tertiary/aromatic N) is 2. The Kier molecular flexibility index (Phi) is 3.47. The third-order valence-corrected chi connectivity index (χ3v) is 4.15. The standard InChI is InChI=1S/C15H15FN4S/c1-8-5-4-6-11(16)12(8)18-13-10-7-9(2)21-14(10)20-15(17-3)19-13/h4-7H,1-3H3,(H2,17,18,19,20). The fourth-order valence-corrected chi connectivity index (χ4v) is 3.04. The molecule has 3 rings (SSSR count). The van der Waals surface area contributed by atoms with Crippen LogP contribution in [0, 0.1) is 19.7 Å². The first-order valence-electron chi connectivity index (χ1n) is 6.56. The molecule has 0 atom stereocenters. The summed E-state index contributed by atoms with van der Waals surface area (Å²) in [6.07, 6.45) is 0. The Morgan fingerprint density at radius 3 is 2.71 bits per heavy atom. The first-order valence-corrected chi connectivity index (χ1v) is 7.38. The summed E-state index contributed by atoms with van der Waals surface area (Å²) < 4.78 is 14.0. The van der Waals surface area contributed by atoms with Crippen LogP contribution in [0.3, 0.4) is 0 Å². The molecule has 2 N–H and O–H groups in total. The average Bonchev–Trinajstić information content (AvgIpc) is 2.83. The van der Waals surface area contributed by atoms with E-state index in [4.69, 9.17) is 0 Å². The van der Waals surface area contributed by atoms with Crippen molar-refractivity contribution in [1.29, 1.82) is 0 Å². The molecule has 0 aliphatic carbocycles. The van der Waals surface area contributed by atoms with E-state index in [1.807, 2.05) is 26.0 Å². The maximum absolute atomic E-state index is 14.0. The number of benzene rings is 1. The molecule has 0 amide bonds. The van der Waals surface area contributed by atoms with Crippen LogP contribution in [0.1, 0.15) is 10.4 Å². The topological polar surface area (TPSA) is 49.8 Å². The van der Waals surface area contributed by atoms with E-state index in [1.165, 1.54) is 6.07 Å². The van der Waals surface area contributed by atoms with E-state index in [9.17, 15) is 4.39 Å². The zero-order valence-corrected chi connectivity index (χ0v) is 12.8. The minimum atomic E-state index is -0.292. The predicted octanol–water partition coefficient (Wildman–Crippen LogP) is 4.23. The van der Waals surface area contributed by atoms with Crippen molar-refractivity contribution < 1.29 is 4.39 Å². The highest BCUT2D eigenvalue weighted by Crippen LogP contribution is 2.32. The van der Waals surface area contributed by atoms with Crippen LogP contribution in [0.2, 0.25) is 0 Å². The lowest BCUT2D eigenvalue weighted by molar-refractivity contribution is 0.631. The fourth-order valence-electron chi connectivity index (χ4n) is 2.16. The van der Waals surface area contributed by atoms with Gasteiger partial charge in [0.1, 0.15) is 16.5 Å². The summed E-state index contributed by atoms with van der Waals surface area (Å²) >= 11 is 1.59. The Bertz CT molecular complexity index is 793. The number of para-hydroxylation sites is 1. The first-order chi connectivity index (χ1) is 10.1. The molecule has 3 aromatic rings. The second-order valence-corrected chi connectivity index (χ2v) is 6.01. The second-order valence-electron chi connectivity index (χ2n) is 4.78. The Balaban J connectivity index is 2.15. The highest BCUT2D eigenvalue weighted by atomic mass is 32.1. The number of nitrogens with one attached hydrogen (secondary N) is 2. The van der Waals surface area contributed by atoms with Gasteiger partial charge in [-0.15, -0.1) is 11.3 Å². The molecule has 0 spiro atoms. The summed E-state index contributed by atoms with van der Waals surface area (Å²) in [5, 5.41) is 6.95. The van der Waals surface area contributed by atoms with Crippen LogP contribution in [-0.2, 0) is 0 Å². The van der Waals surface area contributed by atoms with Gasteiger partial charge in [-0.1, -0.05) is 12.1 Å². The molecule has 6 heteroatoms. The van der Waals surface area contributed by atoms with Gasteiger partial charge in [-0.05, 0) is 31.5 Å². The minimum Gasteiger partial charge on any atom is -0.357 e. The Hall–Kier alpha value is -2.21. The van der Waals surface area contributed by atoms with E-state index in [0.717, 1.165) is 20.7 Å². The van der Waals surface area contributed by atoms with Gasteiger partial charge in [0.15, 0.2) is 0 Å². The number of aromatic nitrogens is 2. The molecule has 0 aliphatic heterocycles. The highest BCUT2D eigenvalue weighted by molar-refractivity contribution is 7.18. The summed E-state index contributed by atoms with van der Waals surface area (Å²) in [4.78, 5) is 10.9. The third kappa shape index (κ3) is 2.54. The number of hydrogen-bond acceptors (Lipinski definition) is 5. The van der Waals surface area contributed by atoms with Gasteiger partial charge in [0, 0.05) is 11.9 Å². The van der Waals surface area contributed by atoms with Crippen molar-refractivity contribution in [2.24, 2.45) is 0 Å². The van der Waals surface area contributed by atoms with E-state index in [-0.39, 0.29) is 5.82 Å². The number of rotatable bonds is 3. The summed E-state index contributed by atoms with van der Waals surface area (Å²) in [7, 11) is 1.76. The van der Waals surface area contributed by atoms with Crippen LogP contribution in [0.15, 0.2) is 24.3 Å². The van der Waals surface area contributed by atoms with Crippen molar-refractivity contribution in [2.45, 2.75) is 13.8 Å². The van der Waals surface area contributed by atoms with Gasteiger partial charge in [0.05, 0.1) is 11.1 Å². The van der Waals surface area contributed by atoms with E-state index < -0.39 is 0 Å². The third-order valence-electron chi connectivity index (χ3n) is 3.20. The molecule has 21 heavy (non-hydrogen) atoms. The Labute approximate surface area is 126 Å². The van der Waals surface area contributed by atoms with Crippen molar-refractivity contribution in [3.05, 3.63) is 40.5 Å². The number of halogens is 1. The van der Waals surface area contributed by atoms with Gasteiger partial charge in [0.2, 0.25) is 5.95 Å². The van der Waals surface area contributed by atoms with Gasteiger partial charge in [-0.25, -0.2) is 9.37 Å². The smallest absolute Gasteiger partial charge is 0.225 e. The van der Waals surface area contributed by atoms with Gasteiger partial charge < -0.3 is 10.6 Å². The molecule has 0 bridgehead atoms. The number of hydrogen-bond donors (Lipinski definition) is 2. The lowest BCUT2D eigenvalue weighted by atomic mass is 10.2. The second kappa shape index (κ2) is 5.29. The molecular formula is C15H15FN4S. The summed E-state index contributed by atoms with van der Waals surface area (Å²) in [5.41, 5.74) is 1.28. The summed E-state index contributed by atoms with van der Waals surface area (Å²) in [6, 6.07) is 7.00. The first kappa shape index (κ1) is 13.8. The van der Waals surface area contributed by atoms with E-state index >= 15 is 0 Å². The SMILES string of the molecule is CNc1nc(Nc2c(C)cccc2F)c2cc(C)sc2n1. The van der Waals surface area contributed by atoms with E-state index in [1.54, 1.807) is 24.5 Å². The molecule has 0 fully saturated rings. The lowest BCUT2D eigenvalue weighted by Gasteiger charge is -2.11. The zero-order valence-electron chi connectivity index (χ0n) is 12.0. The van der Waals surface area contributed by atoms with Crippen molar-refractivity contribution in [2.75, 3.05) is 17.7 Å². The lowest BCUT2D eigenvalue weighted by Crippen LogP contribution is -2.03. The quantitative estimate of drug-likeness (QED) is 0.760. The van der Waals surface area contributed by atoms with Crippen LogP contribution in [0.4, 0.5) is 21.8 Å². The van der Waals surface area contributed by atoms with Crippen LogP contribution in [-0.4, -0.2) is 17.0 Å². The monoisotopic (exact) mass is 302 g/mol. The molecular weight excluding hydrogens is 287 g/mol. The summed E-state index contributed by atoms with van der Waals surface area (Å²) in [6.45, 7) is 3.88. The van der Waals surface area contributed by atoms with Crippen molar-refractivity contribution in [3.8, 4) is 0 Å². The van der Waals surface area contributed by atoms with Crippen molar-refractivity contribution in [3.63, 3.8) is 0 Å². The predicted molar refractivity (Wildman–Crippen MR) is 86.1 cm³/mol. The Morgan fingerprint density at radius 2 is 2.00 bits per heavy atom. The van der Waals surface area contributed by atoms with Crippen LogP contribution in [0.5, 0.6) is 0 Å².